The molecule has 11 heteroatoms. The van der Waals surface area contributed by atoms with Crippen molar-refractivity contribution < 1.29 is 14.1 Å². The van der Waals surface area contributed by atoms with E-state index in [4.69, 9.17) is 0 Å². The molecule has 3 aromatic rings. The maximum atomic E-state index is 13.6. The summed E-state index contributed by atoms with van der Waals surface area (Å²) in [4.78, 5) is 30.4. The Morgan fingerprint density at radius 2 is 1.83 bits per heavy atom. The Morgan fingerprint density at radius 1 is 1.11 bits per heavy atom. The zero-order chi connectivity index (χ0) is 25.1. The van der Waals surface area contributed by atoms with Crippen LogP contribution in [0.5, 0.6) is 0 Å². The van der Waals surface area contributed by atoms with Gasteiger partial charge in [-0.05, 0) is 48.6 Å². The average Bonchev–Trinajstić information content (AvgIpc) is 3.33. The second-order valence-electron chi connectivity index (χ2n) is 8.87. The molecule has 0 bridgehead atoms. The number of aromatic nitrogens is 2. The summed E-state index contributed by atoms with van der Waals surface area (Å²) in [5, 5.41) is 18.7. The molecule has 0 aliphatic carbocycles. The number of piperazine rings is 1. The van der Waals surface area contributed by atoms with Crippen molar-refractivity contribution in [3.05, 3.63) is 81.3 Å². The van der Waals surface area contributed by atoms with Gasteiger partial charge in [0.25, 0.3) is 11.6 Å². The van der Waals surface area contributed by atoms with Gasteiger partial charge in [0.2, 0.25) is 0 Å². The molecule has 0 saturated carbocycles. The monoisotopic (exact) mass is 510 g/mol. The van der Waals surface area contributed by atoms with Crippen LogP contribution in [0.15, 0.2) is 48.5 Å². The zero-order valence-corrected chi connectivity index (χ0v) is 20.5. The first-order chi connectivity index (χ1) is 17.5. The number of nitro benzene ring substituents is 1. The number of fused-ring (bicyclic) bond motifs is 1. The number of non-ortho nitro benzene ring substituents is 1. The van der Waals surface area contributed by atoms with Crippen LogP contribution in [0, 0.1) is 15.9 Å². The third kappa shape index (κ3) is 5.21. The highest BCUT2D eigenvalue weighted by molar-refractivity contribution is 7.98. The molecule has 1 saturated heterocycles. The van der Waals surface area contributed by atoms with Gasteiger partial charge >= 0.3 is 0 Å². The highest BCUT2D eigenvalue weighted by Gasteiger charge is 2.28. The molecule has 1 N–H and O–H groups in total. The van der Waals surface area contributed by atoms with Crippen molar-refractivity contribution in [2.45, 2.75) is 12.2 Å². The zero-order valence-electron chi connectivity index (χ0n) is 19.7. The first-order valence-corrected chi connectivity index (χ1v) is 13.1. The number of nitrogens with one attached hydrogen (secondary N) is 1. The number of H-pyrrole nitrogens is 1. The Balaban J connectivity index is 1.30. The minimum Gasteiger partial charge on any atom is -0.369 e. The Bertz CT molecular complexity index is 1230. The SMILES string of the molecule is O=C(c1ccc([N+](=O)[O-])cc1)N(CCN1CCN(c2ccc(F)cc2)CC1)c1n[nH]c2c1CSCC2. The summed E-state index contributed by atoms with van der Waals surface area (Å²) in [5.41, 5.74) is 3.47. The lowest BCUT2D eigenvalue weighted by Crippen LogP contribution is -2.49. The van der Waals surface area contributed by atoms with Gasteiger partial charge in [0.1, 0.15) is 5.82 Å². The molecule has 188 valence electrons. The van der Waals surface area contributed by atoms with E-state index in [2.05, 4.69) is 20.0 Å². The number of amides is 1. The second-order valence-corrected chi connectivity index (χ2v) is 9.98. The molecular weight excluding hydrogens is 483 g/mol. The van der Waals surface area contributed by atoms with Crippen molar-refractivity contribution in [1.82, 2.24) is 15.1 Å². The van der Waals surface area contributed by atoms with Crippen molar-refractivity contribution in [1.29, 1.82) is 0 Å². The molecule has 5 rings (SSSR count). The van der Waals surface area contributed by atoms with Crippen LogP contribution >= 0.6 is 11.8 Å². The molecule has 9 nitrogen and oxygen atoms in total. The molecule has 0 unspecified atom stereocenters. The predicted molar refractivity (Wildman–Crippen MR) is 138 cm³/mol. The number of nitro groups is 1. The van der Waals surface area contributed by atoms with Crippen LogP contribution in [0.2, 0.25) is 0 Å². The van der Waals surface area contributed by atoms with Gasteiger partial charge in [0.05, 0.1) is 4.92 Å². The number of hydrogen-bond acceptors (Lipinski definition) is 7. The molecule has 1 amide bonds. The van der Waals surface area contributed by atoms with Gasteiger partial charge in [0.15, 0.2) is 5.82 Å². The van der Waals surface area contributed by atoms with Crippen LogP contribution in [0.1, 0.15) is 21.6 Å². The minimum atomic E-state index is -0.473. The van der Waals surface area contributed by atoms with Crippen LogP contribution in [-0.2, 0) is 12.2 Å². The fourth-order valence-corrected chi connectivity index (χ4v) is 5.63. The number of hydrogen-bond donors (Lipinski definition) is 1. The summed E-state index contributed by atoms with van der Waals surface area (Å²) in [6.45, 7) is 4.41. The van der Waals surface area contributed by atoms with Crippen LogP contribution in [0.3, 0.4) is 0 Å². The Labute approximate surface area is 212 Å². The molecule has 1 aromatic heterocycles. The lowest BCUT2D eigenvalue weighted by atomic mass is 10.1. The molecule has 2 aliphatic rings. The maximum Gasteiger partial charge on any atom is 0.269 e. The van der Waals surface area contributed by atoms with E-state index in [1.807, 2.05) is 11.8 Å². The normalized spacial score (nSPS) is 16.0. The number of aromatic amines is 1. The van der Waals surface area contributed by atoms with Crippen LogP contribution in [-0.4, -0.2) is 70.9 Å². The Hall–Kier alpha value is -3.44. The largest absolute Gasteiger partial charge is 0.369 e. The molecule has 2 aromatic carbocycles. The van der Waals surface area contributed by atoms with Crippen LogP contribution in [0.25, 0.3) is 0 Å². The predicted octanol–water partition coefficient (Wildman–Crippen LogP) is 3.72. The lowest BCUT2D eigenvalue weighted by molar-refractivity contribution is -0.384. The number of aryl methyl sites for hydroxylation is 1. The Kier molecular flexibility index (Phi) is 7.19. The maximum absolute atomic E-state index is 13.6. The number of carbonyl (C=O) groups is 1. The van der Waals surface area contributed by atoms with E-state index in [0.717, 1.165) is 61.1 Å². The van der Waals surface area contributed by atoms with Gasteiger partial charge < -0.3 is 4.90 Å². The van der Waals surface area contributed by atoms with Crippen molar-refractivity contribution in [2.24, 2.45) is 0 Å². The quantitative estimate of drug-likeness (QED) is 0.382. The first kappa shape index (κ1) is 24.3. The average molecular weight is 511 g/mol. The number of anilines is 2. The molecule has 36 heavy (non-hydrogen) atoms. The van der Waals surface area contributed by atoms with Gasteiger partial charge in [-0.3, -0.25) is 29.8 Å². The van der Waals surface area contributed by atoms with Gasteiger partial charge in [-0.25, -0.2) is 4.39 Å². The first-order valence-electron chi connectivity index (χ1n) is 11.9. The smallest absolute Gasteiger partial charge is 0.269 e. The molecule has 0 atom stereocenters. The molecule has 3 heterocycles. The van der Waals surface area contributed by atoms with Gasteiger partial charge in [-0.2, -0.15) is 16.9 Å². The van der Waals surface area contributed by atoms with Gasteiger partial charge in [-0.1, -0.05) is 0 Å². The van der Waals surface area contributed by atoms with E-state index in [1.54, 1.807) is 17.0 Å². The van der Waals surface area contributed by atoms with E-state index in [9.17, 15) is 19.3 Å². The minimum absolute atomic E-state index is 0.0503. The highest BCUT2D eigenvalue weighted by atomic mass is 32.2. The fourth-order valence-electron chi connectivity index (χ4n) is 4.63. The van der Waals surface area contributed by atoms with Gasteiger partial charge in [0, 0.05) is 79.7 Å². The van der Waals surface area contributed by atoms with E-state index < -0.39 is 4.92 Å². The summed E-state index contributed by atoms with van der Waals surface area (Å²) >= 11 is 1.82. The molecule has 1 fully saturated rings. The van der Waals surface area contributed by atoms with Crippen LogP contribution < -0.4 is 9.80 Å². The van der Waals surface area contributed by atoms with Crippen molar-refractivity contribution in [3.63, 3.8) is 0 Å². The number of rotatable bonds is 7. The number of benzene rings is 2. The fraction of sp³-hybridized carbons (Fsp3) is 0.360. The standard InChI is InChI=1S/C25H27FN6O3S/c26-19-3-7-20(8-4-19)30-13-10-29(11-14-30)12-15-31(24-22-17-36-16-9-23(22)27-28-24)25(33)18-1-5-21(6-2-18)32(34)35/h1-8H,9-17H2,(H,27,28). The summed E-state index contributed by atoms with van der Waals surface area (Å²) in [6.07, 6.45) is 0.887. The van der Waals surface area contributed by atoms with Crippen molar-refractivity contribution in [3.8, 4) is 0 Å². The lowest BCUT2D eigenvalue weighted by Gasteiger charge is -2.37. The summed E-state index contributed by atoms with van der Waals surface area (Å²) in [5.74, 6) is 1.99. The number of nitrogens with zero attached hydrogens (tertiary/aromatic N) is 5. The molecule has 0 spiro atoms. The van der Waals surface area contributed by atoms with Crippen molar-refractivity contribution in [2.75, 3.05) is 54.8 Å². The summed E-state index contributed by atoms with van der Waals surface area (Å²) < 4.78 is 13.3. The summed E-state index contributed by atoms with van der Waals surface area (Å²) in [7, 11) is 0. The molecular formula is C25H27FN6O3S. The third-order valence-corrected chi connectivity index (χ3v) is 7.69. The summed E-state index contributed by atoms with van der Waals surface area (Å²) in [6, 6.07) is 12.3. The number of thioether (sulfide) groups is 1. The van der Waals surface area contributed by atoms with Crippen LogP contribution in [0.4, 0.5) is 21.6 Å². The van der Waals surface area contributed by atoms with E-state index in [-0.39, 0.29) is 17.4 Å². The topological polar surface area (TPSA) is 98.6 Å². The Morgan fingerprint density at radius 3 is 2.53 bits per heavy atom. The number of halogens is 1. The van der Waals surface area contributed by atoms with E-state index in [1.165, 1.54) is 36.4 Å². The van der Waals surface area contributed by atoms with E-state index in [0.29, 0.717) is 24.5 Å². The third-order valence-electron chi connectivity index (χ3n) is 6.70. The van der Waals surface area contributed by atoms with Gasteiger partial charge in [-0.15, -0.1) is 0 Å². The molecule has 2 aliphatic heterocycles. The van der Waals surface area contributed by atoms with Crippen molar-refractivity contribution >= 4 is 34.9 Å². The highest BCUT2D eigenvalue weighted by Crippen LogP contribution is 2.31. The second kappa shape index (κ2) is 10.7. The number of carbonyl (C=O) groups excluding carboxylic acids is 1. The molecule has 0 radical (unpaired) electrons. The van der Waals surface area contributed by atoms with E-state index >= 15 is 0 Å².